The highest BCUT2D eigenvalue weighted by atomic mass is 79.9. The van der Waals surface area contributed by atoms with Crippen molar-refractivity contribution in [3.8, 4) is 0 Å². The lowest BCUT2D eigenvalue weighted by atomic mass is 10.5. The molecule has 0 aliphatic rings. The van der Waals surface area contributed by atoms with Gasteiger partial charge in [0.2, 0.25) is 0 Å². The van der Waals surface area contributed by atoms with E-state index in [4.69, 9.17) is 4.79 Å². The third-order valence-corrected chi connectivity index (χ3v) is 1.09. The summed E-state index contributed by atoms with van der Waals surface area (Å²) in [5.41, 5.74) is 0. The van der Waals surface area contributed by atoms with E-state index < -0.39 is 0 Å². The summed E-state index contributed by atoms with van der Waals surface area (Å²) < 4.78 is 1.02. The molecule has 2 nitrogen and oxygen atoms in total. The highest BCUT2D eigenvalue weighted by Crippen LogP contribution is 2.02. The molecule has 0 unspecified atom stereocenters. The second kappa shape index (κ2) is 6.42. The number of pyridine rings is 1. The summed E-state index contributed by atoms with van der Waals surface area (Å²) in [5.74, 6) is 0. The van der Waals surface area contributed by atoms with Crippen molar-refractivity contribution < 1.29 is 4.79 Å². The molecule has 0 spiro atoms. The lowest BCUT2D eigenvalue weighted by Gasteiger charge is -1.80. The van der Waals surface area contributed by atoms with Gasteiger partial charge in [-0.05, 0) is 35.0 Å². The molecule has 0 saturated carbocycles. The first-order valence-corrected chi connectivity index (χ1v) is 3.56. The van der Waals surface area contributed by atoms with E-state index in [-0.39, 0.29) is 0 Å². The predicted molar refractivity (Wildman–Crippen MR) is 43.7 cm³/mol. The Hall–Kier alpha value is -0.700. The number of nitrogens with zero attached hydrogens (tertiary/aromatic N) is 1. The molecule has 1 aromatic rings. The van der Waals surface area contributed by atoms with E-state index in [1.165, 1.54) is 6.92 Å². The minimum atomic E-state index is 0.750. The lowest BCUT2D eigenvalue weighted by Crippen LogP contribution is -1.64. The Balaban J connectivity index is 0.000000236. The molecule has 1 rings (SSSR count). The number of aromatic nitrogens is 1. The maximum absolute atomic E-state index is 8.81. The quantitative estimate of drug-likeness (QED) is 0.602. The van der Waals surface area contributed by atoms with Gasteiger partial charge in [0.15, 0.2) is 0 Å². The predicted octanol–water partition coefficient (Wildman–Crippen LogP) is 2.05. The molecule has 1 aromatic heterocycles. The number of carbonyl (C=O) groups excluding carboxylic acids is 1. The van der Waals surface area contributed by atoms with Crippen LogP contribution in [0.25, 0.3) is 0 Å². The van der Waals surface area contributed by atoms with Crippen LogP contribution in [0.4, 0.5) is 0 Å². The average Bonchev–Trinajstić information content (AvgIpc) is 1.91. The Morgan fingerprint density at radius 2 is 2.30 bits per heavy atom. The normalized spacial score (nSPS) is 7.40. The van der Waals surface area contributed by atoms with E-state index in [0.29, 0.717) is 0 Å². The molecule has 0 N–H and O–H groups in total. The second-order valence-corrected chi connectivity index (χ2v) is 2.32. The largest absolute Gasteiger partial charge is 0.304 e. The molecule has 54 valence electrons. The number of hydrogen-bond donors (Lipinski definition) is 0. The van der Waals surface area contributed by atoms with Crippen molar-refractivity contribution in [2.45, 2.75) is 6.92 Å². The van der Waals surface area contributed by atoms with Crippen molar-refractivity contribution in [2.75, 3.05) is 0 Å². The van der Waals surface area contributed by atoms with Gasteiger partial charge in [0.1, 0.15) is 6.29 Å². The zero-order valence-electron chi connectivity index (χ0n) is 5.62. The van der Waals surface area contributed by atoms with Gasteiger partial charge >= 0.3 is 0 Å². The maximum atomic E-state index is 8.81. The average molecular weight is 202 g/mol. The number of carbonyl (C=O) groups is 1. The third-order valence-electron chi connectivity index (χ3n) is 0.625. The number of halogens is 1. The standard InChI is InChI=1S/C5H4BrN.C2H4O/c6-5-2-1-3-7-4-5;1-2-3/h1-4H;2H,1H3. The summed E-state index contributed by atoms with van der Waals surface area (Å²) in [6.45, 7) is 1.44. The summed E-state index contributed by atoms with van der Waals surface area (Å²) in [5, 5.41) is 0. The molecule has 0 radical (unpaired) electrons. The smallest absolute Gasteiger partial charge is 0.116 e. The van der Waals surface area contributed by atoms with Crippen molar-refractivity contribution in [2.24, 2.45) is 0 Å². The first kappa shape index (κ1) is 9.30. The van der Waals surface area contributed by atoms with Crippen LogP contribution in [0.2, 0.25) is 0 Å². The number of rotatable bonds is 0. The van der Waals surface area contributed by atoms with E-state index in [1.807, 2.05) is 12.1 Å². The van der Waals surface area contributed by atoms with Gasteiger partial charge in [-0.25, -0.2) is 0 Å². The lowest BCUT2D eigenvalue weighted by molar-refractivity contribution is -0.106. The first-order valence-electron chi connectivity index (χ1n) is 2.76. The van der Waals surface area contributed by atoms with E-state index in [1.54, 1.807) is 12.4 Å². The molecule has 3 heteroatoms. The molecule has 0 aromatic carbocycles. The van der Waals surface area contributed by atoms with Gasteiger partial charge in [-0.1, -0.05) is 0 Å². The Morgan fingerprint density at radius 3 is 2.50 bits per heavy atom. The van der Waals surface area contributed by atoms with Crippen LogP contribution in [-0.4, -0.2) is 11.3 Å². The van der Waals surface area contributed by atoms with Crippen LogP contribution in [-0.2, 0) is 4.79 Å². The van der Waals surface area contributed by atoms with Crippen LogP contribution in [0.15, 0.2) is 29.0 Å². The molecule has 0 saturated heterocycles. The zero-order valence-corrected chi connectivity index (χ0v) is 7.21. The van der Waals surface area contributed by atoms with Crippen molar-refractivity contribution in [1.29, 1.82) is 0 Å². The number of hydrogen-bond acceptors (Lipinski definition) is 2. The van der Waals surface area contributed by atoms with E-state index >= 15 is 0 Å². The van der Waals surface area contributed by atoms with E-state index in [2.05, 4.69) is 20.9 Å². The summed E-state index contributed by atoms with van der Waals surface area (Å²) in [4.78, 5) is 12.6. The fraction of sp³-hybridized carbons (Fsp3) is 0.143. The van der Waals surface area contributed by atoms with Crippen LogP contribution in [0.1, 0.15) is 6.92 Å². The molecule has 0 aliphatic heterocycles. The van der Waals surface area contributed by atoms with Crippen LogP contribution in [0, 0.1) is 0 Å². The van der Waals surface area contributed by atoms with E-state index in [0.717, 1.165) is 10.8 Å². The Kier molecular flexibility index (Phi) is 5.97. The second-order valence-electron chi connectivity index (χ2n) is 1.41. The SMILES string of the molecule is Brc1cccnc1.CC=O. The Labute approximate surface area is 68.4 Å². The van der Waals surface area contributed by atoms with E-state index in [9.17, 15) is 0 Å². The monoisotopic (exact) mass is 201 g/mol. The molecule has 0 fully saturated rings. The van der Waals surface area contributed by atoms with Crippen LogP contribution >= 0.6 is 15.9 Å². The van der Waals surface area contributed by atoms with Crippen LogP contribution in [0.5, 0.6) is 0 Å². The summed E-state index contributed by atoms with van der Waals surface area (Å²) in [7, 11) is 0. The fourth-order valence-corrected chi connectivity index (χ4v) is 0.613. The molecule has 0 atom stereocenters. The zero-order chi connectivity index (χ0) is 7.82. The molecular formula is C7H8BrNO. The third kappa shape index (κ3) is 5.44. The Bertz CT molecular complexity index is 176. The van der Waals surface area contributed by atoms with Gasteiger partial charge in [0.05, 0.1) is 0 Å². The summed E-state index contributed by atoms with van der Waals surface area (Å²) in [6.07, 6.45) is 4.24. The summed E-state index contributed by atoms with van der Waals surface area (Å²) in [6, 6.07) is 3.82. The van der Waals surface area contributed by atoms with Gasteiger partial charge in [-0.2, -0.15) is 0 Å². The van der Waals surface area contributed by atoms with Gasteiger partial charge in [-0.3, -0.25) is 4.98 Å². The summed E-state index contributed by atoms with van der Waals surface area (Å²) >= 11 is 3.25. The highest BCUT2D eigenvalue weighted by molar-refractivity contribution is 9.10. The molecule has 0 bridgehead atoms. The Morgan fingerprint density at radius 1 is 1.70 bits per heavy atom. The first-order chi connectivity index (χ1) is 4.81. The minimum Gasteiger partial charge on any atom is -0.304 e. The van der Waals surface area contributed by atoms with Gasteiger partial charge in [0.25, 0.3) is 0 Å². The van der Waals surface area contributed by atoms with Crippen molar-refractivity contribution in [1.82, 2.24) is 4.98 Å². The van der Waals surface area contributed by atoms with Gasteiger partial charge < -0.3 is 4.79 Å². The highest BCUT2D eigenvalue weighted by Gasteiger charge is 1.75. The van der Waals surface area contributed by atoms with Gasteiger partial charge in [-0.15, -0.1) is 0 Å². The maximum Gasteiger partial charge on any atom is 0.116 e. The molecule has 1 heterocycles. The van der Waals surface area contributed by atoms with Crippen molar-refractivity contribution in [3.05, 3.63) is 29.0 Å². The molecule has 0 aliphatic carbocycles. The molecule has 10 heavy (non-hydrogen) atoms. The fourth-order valence-electron chi connectivity index (χ4n) is 0.342. The van der Waals surface area contributed by atoms with Crippen LogP contribution in [0.3, 0.4) is 0 Å². The topological polar surface area (TPSA) is 30.0 Å². The van der Waals surface area contributed by atoms with Crippen LogP contribution < -0.4 is 0 Å². The van der Waals surface area contributed by atoms with Crippen molar-refractivity contribution >= 4 is 22.2 Å². The van der Waals surface area contributed by atoms with Crippen molar-refractivity contribution in [3.63, 3.8) is 0 Å². The number of aldehydes is 1. The minimum absolute atomic E-state index is 0.750. The van der Waals surface area contributed by atoms with Gasteiger partial charge in [0, 0.05) is 16.9 Å². The molecule has 0 amide bonds. The molecular weight excluding hydrogens is 194 g/mol.